The Morgan fingerprint density at radius 1 is 1.06 bits per heavy atom. The summed E-state index contributed by atoms with van der Waals surface area (Å²) in [5, 5.41) is 24.3. The molecule has 1 aliphatic carbocycles. The zero-order valence-corrected chi connectivity index (χ0v) is 18.7. The first-order valence-corrected chi connectivity index (χ1v) is 11.4. The first-order valence-electron chi connectivity index (χ1n) is 11.4. The Hall–Kier alpha value is -3.17. The van der Waals surface area contributed by atoms with E-state index in [2.05, 4.69) is 57.3 Å². The van der Waals surface area contributed by atoms with Crippen molar-refractivity contribution in [1.82, 2.24) is 10.2 Å². The molecule has 6 heteroatoms. The van der Waals surface area contributed by atoms with E-state index in [0.29, 0.717) is 23.5 Å². The van der Waals surface area contributed by atoms with Gasteiger partial charge < -0.3 is 15.3 Å². The van der Waals surface area contributed by atoms with E-state index in [1.807, 2.05) is 18.2 Å². The van der Waals surface area contributed by atoms with E-state index in [1.54, 1.807) is 0 Å². The van der Waals surface area contributed by atoms with E-state index < -0.39 is 0 Å². The SMILES string of the molecule is [C-]#[N+]c1ccc2c(N3CCC4(CC3)CC(O)C4)nnc(NCc3ccc(C)c(C)c3)c2c1. The highest BCUT2D eigenvalue weighted by atomic mass is 16.3. The van der Waals surface area contributed by atoms with Crippen LogP contribution in [0.4, 0.5) is 17.3 Å². The van der Waals surface area contributed by atoms with Crippen LogP contribution in [0.2, 0.25) is 0 Å². The third-order valence-corrected chi connectivity index (χ3v) is 7.37. The molecule has 1 aromatic heterocycles. The van der Waals surface area contributed by atoms with Gasteiger partial charge in [-0.1, -0.05) is 30.3 Å². The molecule has 32 heavy (non-hydrogen) atoms. The van der Waals surface area contributed by atoms with Crippen molar-refractivity contribution in [2.24, 2.45) is 5.41 Å². The predicted molar refractivity (Wildman–Crippen MR) is 128 cm³/mol. The molecule has 2 N–H and O–H groups in total. The normalized spacial score (nSPS) is 17.9. The molecule has 0 bridgehead atoms. The number of piperidine rings is 1. The Balaban J connectivity index is 1.42. The minimum absolute atomic E-state index is 0.114. The summed E-state index contributed by atoms with van der Waals surface area (Å²) in [5.74, 6) is 1.60. The van der Waals surface area contributed by atoms with Gasteiger partial charge in [-0.25, -0.2) is 4.85 Å². The van der Waals surface area contributed by atoms with Gasteiger partial charge in [0.25, 0.3) is 0 Å². The van der Waals surface area contributed by atoms with E-state index in [1.165, 1.54) is 16.7 Å². The number of hydrogen-bond acceptors (Lipinski definition) is 5. The van der Waals surface area contributed by atoms with Gasteiger partial charge in [0.15, 0.2) is 17.3 Å². The van der Waals surface area contributed by atoms with Crippen LogP contribution in [-0.4, -0.2) is 34.5 Å². The third kappa shape index (κ3) is 3.78. The Labute approximate surface area is 189 Å². The number of aromatic nitrogens is 2. The van der Waals surface area contributed by atoms with Crippen LogP contribution < -0.4 is 10.2 Å². The Kier molecular flexibility index (Phi) is 5.22. The molecule has 0 amide bonds. The monoisotopic (exact) mass is 427 g/mol. The standard InChI is InChI=1S/C26H29N5O/c1-17-4-5-19(12-18(17)2)16-28-24-23-13-20(27-3)6-7-22(23)25(30-29-24)31-10-8-26(9-11-31)14-21(32)15-26/h4-7,12-13,21,32H,8-11,14-16H2,1-2H3,(H,28,29). The van der Waals surface area contributed by atoms with E-state index in [4.69, 9.17) is 6.57 Å². The number of rotatable bonds is 4. The zero-order valence-electron chi connectivity index (χ0n) is 18.7. The van der Waals surface area contributed by atoms with Crippen molar-refractivity contribution < 1.29 is 5.11 Å². The molecule has 2 aromatic carbocycles. The molecule has 2 heterocycles. The second-order valence-corrected chi connectivity index (χ2v) is 9.54. The molecule has 1 aliphatic heterocycles. The zero-order chi connectivity index (χ0) is 22.3. The largest absolute Gasteiger partial charge is 0.393 e. The van der Waals surface area contributed by atoms with E-state index in [0.717, 1.165) is 55.4 Å². The highest BCUT2D eigenvalue weighted by Gasteiger charge is 2.45. The molecule has 1 saturated carbocycles. The quantitative estimate of drug-likeness (QED) is 0.564. The van der Waals surface area contributed by atoms with Crippen LogP contribution in [0.1, 0.15) is 42.4 Å². The van der Waals surface area contributed by atoms with Gasteiger partial charge in [-0.3, -0.25) is 0 Å². The number of anilines is 2. The minimum atomic E-state index is -0.114. The maximum atomic E-state index is 9.76. The number of hydrogen-bond donors (Lipinski definition) is 2. The molecule has 0 atom stereocenters. The maximum absolute atomic E-state index is 9.76. The van der Waals surface area contributed by atoms with Crippen LogP contribution in [0.25, 0.3) is 15.6 Å². The van der Waals surface area contributed by atoms with Crippen molar-refractivity contribution in [3.63, 3.8) is 0 Å². The van der Waals surface area contributed by atoms with Crippen LogP contribution in [0.3, 0.4) is 0 Å². The summed E-state index contributed by atoms with van der Waals surface area (Å²) in [5.41, 5.74) is 4.67. The minimum Gasteiger partial charge on any atom is -0.393 e. The van der Waals surface area contributed by atoms with Crippen molar-refractivity contribution in [3.8, 4) is 0 Å². The predicted octanol–water partition coefficient (Wildman–Crippen LogP) is 5.15. The summed E-state index contributed by atoms with van der Waals surface area (Å²) in [7, 11) is 0. The van der Waals surface area contributed by atoms with Crippen LogP contribution in [0, 0.1) is 25.8 Å². The first-order chi connectivity index (χ1) is 15.5. The van der Waals surface area contributed by atoms with Gasteiger partial charge in [-0.15, -0.1) is 10.2 Å². The molecule has 2 aliphatic rings. The van der Waals surface area contributed by atoms with E-state index in [9.17, 15) is 5.11 Å². The summed E-state index contributed by atoms with van der Waals surface area (Å²) in [4.78, 5) is 5.94. The second-order valence-electron chi connectivity index (χ2n) is 9.54. The van der Waals surface area contributed by atoms with Crippen LogP contribution in [0.5, 0.6) is 0 Å². The molecule has 0 unspecified atom stereocenters. The summed E-state index contributed by atoms with van der Waals surface area (Å²) >= 11 is 0. The lowest BCUT2D eigenvalue weighted by atomic mass is 9.61. The molecule has 164 valence electrons. The molecule has 0 radical (unpaired) electrons. The topological polar surface area (TPSA) is 65.6 Å². The number of aliphatic hydroxyl groups is 1. The fourth-order valence-electron chi connectivity index (χ4n) is 5.20. The van der Waals surface area contributed by atoms with Crippen molar-refractivity contribution >= 4 is 28.1 Å². The van der Waals surface area contributed by atoms with E-state index in [-0.39, 0.29) is 6.10 Å². The average molecular weight is 428 g/mol. The van der Waals surface area contributed by atoms with Crippen molar-refractivity contribution in [2.75, 3.05) is 23.3 Å². The van der Waals surface area contributed by atoms with Crippen molar-refractivity contribution in [2.45, 2.75) is 52.2 Å². The summed E-state index contributed by atoms with van der Waals surface area (Å²) in [6.45, 7) is 14.2. The number of nitrogens with zero attached hydrogens (tertiary/aromatic N) is 4. The lowest BCUT2D eigenvalue weighted by Gasteiger charge is -2.50. The van der Waals surface area contributed by atoms with Gasteiger partial charge in [-0.05, 0) is 67.7 Å². The second kappa shape index (κ2) is 8.07. The smallest absolute Gasteiger partial charge is 0.188 e. The molecule has 2 fully saturated rings. The Bertz CT molecular complexity index is 1200. The lowest BCUT2D eigenvalue weighted by molar-refractivity contribution is -0.0464. The van der Waals surface area contributed by atoms with Crippen LogP contribution >= 0.6 is 0 Å². The number of aryl methyl sites for hydroxylation is 2. The van der Waals surface area contributed by atoms with Gasteiger partial charge in [0, 0.05) is 30.4 Å². The van der Waals surface area contributed by atoms with Gasteiger partial charge in [0.05, 0.1) is 12.7 Å². The summed E-state index contributed by atoms with van der Waals surface area (Å²) in [6, 6.07) is 12.2. The molecule has 1 saturated heterocycles. The highest BCUT2D eigenvalue weighted by molar-refractivity contribution is 6.00. The molecular weight excluding hydrogens is 398 g/mol. The van der Waals surface area contributed by atoms with Crippen molar-refractivity contribution in [3.05, 3.63) is 64.5 Å². The number of aliphatic hydroxyl groups excluding tert-OH is 1. The van der Waals surface area contributed by atoms with Crippen LogP contribution in [-0.2, 0) is 6.54 Å². The molecule has 5 rings (SSSR count). The first kappa shape index (κ1) is 20.7. The van der Waals surface area contributed by atoms with Gasteiger partial charge >= 0.3 is 0 Å². The van der Waals surface area contributed by atoms with E-state index >= 15 is 0 Å². The highest BCUT2D eigenvalue weighted by Crippen LogP contribution is 2.49. The lowest BCUT2D eigenvalue weighted by Crippen LogP contribution is -2.49. The molecule has 6 nitrogen and oxygen atoms in total. The molecular formula is C26H29N5O. The fraction of sp³-hybridized carbons (Fsp3) is 0.423. The van der Waals surface area contributed by atoms with Gasteiger partial charge in [0.1, 0.15) is 0 Å². The van der Waals surface area contributed by atoms with Gasteiger partial charge in [-0.2, -0.15) is 0 Å². The Morgan fingerprint density at radius 2 is 1.84 bits per heavy atom. The van der Waals surface area contributed by atoms with Crippen molar-refractivity contribution in [1.29, 1.82) is 0 Å². The molecule has 3 aromatic rings. The van der Waals surface area contributed by atoms with Crippen LogP contribution in [0.15, 0.2) is 36.4 Å². The maximum Gasteiger partial charge on any atom is 0.188 e. The van der Waals surface area contributed by atoms with Gasteiger partial charge in [0.2, 0.25) is 0 Å². The summed E-state index contributed by atoms with van der Waals surface area (Å²) in [6.07, 6.45) is 3.92. The Morgan fingerprint density at radius 3 is 2.53 bits per heavy atom. The third-order valence-electron chi connectivity index (χ3n) is 7.37. The molecule has 1 spiro atoms. The average Bonchev–Trinajstić information content (AvgIpc) is 2.79. The number of nitrogens with one attached hydrogen (secondary N) is 1. The number of fused-ring (bicyclic) bond motifs is 1. The fourth-order valence-corrected chi connectivity index (χ4v) is 5.20. The summed E-state index contributed by atoms with van der Waals surface area (Å²) < 4.78 is 0. The number of benzene rings is 2.